The summed E-state index contributed by atoms with van der Waals surface area (Å²) >= 11 is 0. The first kappa shape index (κ1) is 17.2. The second kappa shape index (κ2) is 8.42. The largest absolute Gasteiger partial charge is 0.313 e. The topological polar surface area (TPSA) is 46.2 Å². The number of nitrogens with one attached hydrogen (secondary N) is 1. The van der Waals surface area contributed by atoms with Crippen LogP contribution in [-0.4, -0.2) is 26.8 Å². The third-order valence-corrected chi connectivity index (χ3v) is 5.29. The normalized spacial score (nSPS) is 14.9. The molecule has 0 aromatic heterocycles. The molecule has 20 heavy (non-hydrogen) atoms. The van der Waals surface area contributed by atoms with Crippen LogP contribution in [0.4, 0.5) is 0 Å². The minimum atomic E-state index is -3.08. The predicted molar refractivity (Wildman–Crippen MR) is 85.5 cm³/mol. The molecule has 0 aliphatic rings. The zero-order valence-corrected chi connectivity index (χ0v) is 13.6. The van der Waals surface area contributed by atoms with Gasteiger partial charge in [0.25, 0.3) is 0 Å². The lowest BCUT2D eigenvalue weighted by molar-refractivity contribution is 0.391. The Kier molecular flexibility index (Phi) is 7.24. The highest BCUT2D eigenvalue weighted by Gasteiger charge is 2.23. The Morgan fingerprint density at radius 2 is 1.80 bits per heavy atom. The van der Waals surface area contributed by atoms with E-state index < -0.39 is 9.84 Å². The number of hydrogen-bond acceptors (Lipinski definition) is 3. The minimum absolute atomic E-state index is 0.0497. The van der Waals surface area contributed by atoms with Crippen molar-refractivity contribution in [3.8, 4) is 0 Å². The van der Waals surface area contributed by atoms with Gasteiger partial charge in [-0.2, -0.15) is 0 Å². The van der Waals surface area contributed by atoms with Crippen molar-refractivity contribution in [2.24, 2.45) is 5.92 Å². The molecule has 1 N–H and O–H groups in total. The Hall–Kier alpha value is -0.870. The van der Waals surface area contributed by atoms with E-state index in [4.69, 9.17) is 0 Å². The molecule has 0 saturated carbocycles. The summed E-state index contributed by atoms with van der Waals surface area (Å²) < 4.78 is 24.7. The van der Waals surface area contributed by atoms with Gasteiger partial charge in [-0.15, -0.1) is 0 Å². The van der Waals surface area contributed by atoms with Gasteiger partial charge < -0.3 is 5.32 Å². The van der Waals surface area contributed by atoms with Crippen LogP contribution in [0.25, 0.3) is 0 Å². The van der Waals surface area contributed by atoms with E-state index in [0.29, 0.717) is 5.92 Å². The van der Waals surface area contributed by atoms with E-state index in [1.165, 1.54) is 0 Å². The average molecular weight is 297 g/mol. The molecule has 3 nitrogen and oxygen atoms in total. The van der Waals surface area contributed by atoms with Gasteiger partial charge in [0.15, 0.2) is 9.84 Å². The second-order valence-corrected chi connectivity index (χ2v) is 7.60. The number of sulfone groups is 1. The smallest absolute Gasteiger partial charge is 0.155 e. The van der Waals surface area contributed by atoms with Crippen LogP contribution in [0.3, 0.4) is 0 Å². The molecule has 0 radical (unpaired) electrons. The molecule has 0 saturated heterocycles. The lowest BCUT2D eigenvalue weighted by Crippen LogP contribution is -2.41. The van der Waals surface area contributed by atoms with Gasteiger partial charge in [0.05, 0.1) is 11.5 Å². The van der Waals surface area contributed by atoms with Gasteiger partial charge in [-0.3, -0.25) is 0 Å². The fraction of sp³-hybridized carbons (Fsp3) is 0.625. The molecule has 1 aromatic carbocycles. The van der Waals surface area contributed by atoms with E-state index in [2.05, 4.69) is 26.1 Å². The van der Waals surface area contributed by atoms with Crippen molar-refractivity contribution in [3.63, 3.8) is 0 Å². The van der Waals surface area contributed by atoms with E-state index in [9.17, 15) is 8.42 Å². The Morgan fingerprint density at radius 3 is 2.35 bits per heavy atom. The van der Waals surface area contributed by atoms with Crippen LogP contribution in [0.1, 0.15) is 39.2 Å². The molecule has 114 valence electrons. The van der Waals surface area contributed by atoms with Crippen molar-refractivity contribution in [1.82, 2.24) is 5.32 Å². The molecule has 2 atom stereocenters. The number of benzene rings is 1. The number of hydrogen-bond donors (Lipinski definition) is 1. The van der Waals surface area contributed by atoms with E-state index >= 15 is 0 Å². The van der Waals surface area contributed by atoms with Crippen molar-refractivity contribution in [1.29, 1.82) is 0 Å². The van der Waals surface area contributed by atoms with Crippen LogP contribution in [0.15, 0.2) is 30.3 Å². The maximum Gasteiger partial charge on any atom is 0.155 e. The standard InChI is InChI=1S/C16H27NO2S/c1-4-11-17-16(14(3)5-2)13-20(18,19)12-15-9-7-6-8-10-15/h6-10,14,16-17H,4-5,11-13H2,1-3H3. The molecule has 2 unspecified atom stereocenters. The van der Waals surface area contributed by atoms with Crippen LogP contribution in [0.2, 0.25) is 0 Å². The lowest BCUT2D eigenvalue weighted by Gasteiger charge is -2.24. The molecule has 4 heteroatoms. The summed E-state index contributed by atoms with van der Waals surface area (Å²) in [4.78, 5) is 0. The Morgan fingerprint density at radius 1 is 1.15 bits per heavy atom. The van der Waals surface area contributed by atoms with Crippen LogP contribution in [0, 0.1) is 5.92 Å². The van der Waals surface area contributed by atoms with Crippen LogP contribution in [-0.2, 0) is 15.6 Å². The van der Waals surface area contributed by atoms with Crippen LogP contribution in [0.5, 0.6) is 0 Å². The predicted octanol–water partition coefficient (Wildman–Crippen LogP) is 3.02. The summed E-state index contributed by atoms with van der Waals surface area (Å²) in [6.45, 7) is 7.19. The minimum Gasteiger partial charge on any atom is -0.313 e. The van der Waals surface area contributed by atoms with E-state index in [1.54, 1.807) is 0 Å². The van der Waals surface area contributed by atoms with Crippen LogP contribution < -0.4 is 5.32 Å². The van der Waals surface area contributed by atoms with Crippen molar-refractivity contribution in [3.05, 3.63) is 35.9 Å². The Bertz CT molecular complexity index is 471. The third-order valence-electron chi connectivity index (χ3n) is 3.65. The molecule has 0 bridgehead atoms. The van der Waals surface area contributed by atoms with Gasteiger partial charge in [0.1, 0.15) is 0 Å². The maximum absolute atomic E-state index is 12.4. The molecule has 1 aromatic rings. The van der Waals surface area contributed by atoms with Crippen LogP contribution >= 0.6 is 0 Å². The quantitative estimate of drug-likeness (QED) is 0.762. The fourth-order valence-corrected chi connectivity index (χ4v) is 4.01. The Balaban J connectivity index is 2.70. The molecule has 0 spiro atoms. The first-order chi connectivity index (χ1) is 9.48. The van der Waals surface area contributed by atoms with Gasteiger partial charge in [0, 0.05) is 6.04 Å². The summed E-state index contributed by atoms with van der Waals surface area (Å²) in [5.41, 5.74) is 0.867. The highest BCUT2D eigenvalue weighted by Crippen LogP contribution is 2.13. The summed E-state index contributed by atoms with van der Waals surface area (Å²) in [5.74, 6) is 0.720. The second-order valence-electron chi connectivity index (χ2n) is 5.49. The van der Waals surface area contributed by atoms with Gasteiger partial charge in [-0.25, -0.2) is 8.42 Å². The average Bonchev–Trinajstić information content (AvgIpc) is 2.43. The summed E-state index contributed by atoms with van der Waals surface area (Å²) in [6, 6.07) is 9.46. The highest BCUT2D eigenvalue weighted by molar-refractivity contribution is 7.90. The molecular formula is C16H27NO2S. The SMILES string of the molecule is CCCNC(CS(=O)(=O)Cc1ccccc1)C(C)CC. The van der Waals surface area contributed by atoms with Crippen molar-refractivity contribution in [2.75, 3.05) is 12.3 Å². The highest BCUT2D eigenvalue weighted by atomic mass is 32.2. The van der Waals surface area contributed by atoms with Gasteiger partial charge in [0.2, 0.25) is 0 Å². The Labute approximate surface area is 123 Å². The monoisotopic (exact) mass is 297 g/mol. The summed E-state index contributed by atoms with van der Waals surface area (Å²) in [7, 11) is -3.08. The first-order valence-electron chi connectivity index (χ1n) is 7.46. The molecular weight excluding hydrogens is 270 g/mol. The van der Waals surface area contributed by atoms with Gasteiger partial charge in [-0.1, -0.05) is 57.5 Å². The molecule has 0 heterocycles. The molecule has 0 aliphatic heterocycles. The maximum atomic E-state index is 12.4. The number of rotatable bonds is 9. The van der Waals surface area contributed by atoms with Gasteiger partial charge in [-0.05, 0) is 24.4 Å². The lowest BCUT2D eigenvalue weighted by atomic mass is 10.0. The molecule has 0 amide bonds. The summed E-state index contributed by atoms with van der Waals surface area (Å²) in [6.07, 6.45) is 2.01. The molecule has 0 fully saturated rings. The van der Waals surface area contributed by atoms with E-state index in [1.807, 2.05) is 30.3 Å². The zero-order valence-electron chi connectivity index (χ0n) is 12.8. The van der Waals surface area contributed by atoms with Crippen molar-refractivity contribution in [2.45, 2.75) is 45.4 Å². The first-order valence-corrected chi connectivity index (χ1v) is 9.28. The van der Waals surface area contributed by atoms with Crippen molar-refractivity contribution < 1.29 is 8.42 Å². The fourth-order valence-electron chi connectivity index (χ4n) is 2.20. The summed E-state index contributed by atoms with van der Waals surface area (Å²) in [5, 5.41) is 3.38. The third kappa shape index (κ3) is 6.06. The van der Waals surface area contributed by atoms with E-state index in [0.717, 1.165) is 24.9 Å². The van der Waals surface area contributed by atoms with Crippen molar-refractivity contribution >= 4 is 9.84 Å². The zero-order chi connectivity index (χ0) is 15.0. The van der Waals surface area contributed by atoms with E-state index in [-0.39, 0.29) is 17.5 Å². The molecule has 1 rings (SSSR count). The van der Waals surface area contributed by atoms with Gasteiger partial charge >= 0.3 is 0 Å². The molecule has 0 aliphatic carbocycles.